The van der Waals surface area contributed by atoms with Gasteiger partial charge in [0.15, 0.2) is 0 Å². The summed E-state index contributed by atoms with van der Waals surface area (Å²) in [6.07, 6.45) is 67.0. The molecule has 520 valence electrons. The van der Waals surface area contributed by atoms with E-state index in [0.717, 1.165) is 128 Å². The van der Waals surface area contributed by atoms with Crippen molar-refractivity contribution < 1.29 is 51.6 Å². The van der Waals surface area contributed by atoms with Gasteiger partial charge in [-0.05, 0) is 111 Å². The van der Waals surface area contributed by atoms with Gasteiger partial charge in [0.2, 0.25) is 0 Å². The normalized spacial score (nSPS) is 14.9. The zero-order valence-corrected chi connectivity index (χ0v) is 63.4. The third kappa shape index (κ3) is 45.5. The van der Waals surface area contributed by atoms with Crippen LogP contribution in [0, 0.1) is 10.8 Å². The fourth-order valence-electron chi connectivity index (χ4n) is 14.5. The molecule has 0 rings (SSSR count). The largest absolute Gasteiger partial charge is 4.00 e. The fraction of sp³-hybridized carbons (Fsp3) is 1.00. The SMILES string of the molecule is CCCCCCCCC([O-])(CCC)OC([O-])(CCCCCCCC)C(CC)(CCCCCCCC)CCCCCCCC.CCCCCCCCC([O-])(CCC)OC([O-])(CCCCCCCC)C(CC)(CCCCCCCC)CCCCCCCC.[Ti+4]. The van der Waals surface area contributed by atoms with Crippen molar-refractivity contribution in [3.63, 3.8) is 0 Å². The minimum Gasteiger partial charge on any atom is -0.829 e. The van der Waals surface area contributed by atoms with Crippen molar-refractivity contribution in [1.82, 2.24) is 0 Å². The Hall–Kier alpha value is 0.474. The first-order valence-electron chi connectivity index (χ1n) is 39.9. The average Bonchev–Trinajstić information content (AvgIpc) is 1.05. The number of hydrogen-bond acceptors (Lipinski definition) is 6. The van der Waals surface area contributed by atoms with E-state index in [0.29, 0.717) is 38.5 Å². The first-order chi connectivity index (χ1) is 41.6. The van der Waals surface area contributed by atoms with E-state index in [2.05, 4.69) is 83.1 Å². The zero-order chi connectivity index (χ0) is 64.3. The second kappa shape index (κ2) is 62.6. The van der Waals surface area contributed by atoms with E-state index in [1.165, 1.54) is 231 Å². The van der Waals surface area contributed by atoms with Gasteiger partial charge in [-0.1, -0.05) is 404 Å². The number of rotatable bonds is 68. The van der Waals surface area contributed by atoms with Crippen molar-refractivity contribution in [3.8, 4) is 0 Å². The van der Waals surface area contributed by atoms with Crippen molar-refractivity contribution in [2.75, 3.05) is 0 Å². The summed E-state index contributed by atoms with van der Waals surface area (Å²) in [4.78, 5) is 0. The molecule has 0 aromatic carbocycles. The molecule has 0 aliphatic heterocycles. The average molecular weight is 1270 g/mol. The summed E-state index contributed by atoms with van der Waals surface area (Å²) in [5.74, 6) is -6.27. The molecule has 7 heteroatoms. The third-order valence-electron chi connectivity index (χ3n) is 20.5. The molecule has 87 heavy (non-hydrogen) atoms. The van der Waals surface area contributed by atoms with Crippen molar-refractivity contribution >= 4 is 0 Å². The molecule has 0 aliphatic rings. The van der Waals surface area contributed by atoms with E-state index in [9.17, 15) is 10.2 Å². The number of hydrogen-bond donors (Lipinski definition) is 0. The summed E-state index contributed by atoms with van der Waals surface area (Å²) in [5, 5.41) is 59.7. The van der Waals surface area contributed by atoms with Gasteiger partial charge in [0.25, 0.3) is 0 Å². The predicted octanol–water partition coefficient (Wildman–Crippen LogP) is 24.6. The Morgan fingerprint density at radius 1 is 0.184 bits per heavy atom. The summed E-state index contributed by atoms with van der Waals surface area (Å²) in [5.41, 5.74) is -0.896. The molecule has 0 heterocycles. The van der Waals surface area contributed by atoms with Gasteiger partial charge in [-0.25, -0.2) is 0 Å². The predicted molar refractivity (Wildman–Crippen MR) is 372 cm³/mol. The molecule has 0 aromatic heterocycles. The fourth-order valence-corrected chi connectivity index (χ4v) is 14.5. The molecule has 4 atom stereocenters. The molecular formula is C80H160O6Ti. The van der Waals surface area contributed by atoms with Crippen LogP contribution in [0.5, 0.6) is 0 Å². The van der Waals surface area contributed by atoms with Crippen molar-refractivity contribution in [3.05, 3.63) is 0 Å². The monoisotopic (exact) mass is 1270 g/mol. The molecule has 0 aromatic rings. The molecule has 0 saturated carbocycles. The van der Waals surface area contributed by atoms with Crippen LogP contribution in [-0.4, -0.2) is 23.1 Å². The molecule has 0 N–H and O–H groups in total. The van der Waals surface area contributed by atoms with Gasteiger partial charge in [-0.15, -0.1) is 0 Å². The van der Waals surface area contributed by atoms with Gasteiger partial charge in [-0.3, -0.25) is 0 Å². The summed E-state index contributed by atoms with van der Waals surface area (Å²) in [6, 6.07) is 0. The van der Waals surface area contributed by atoms with E-state index < -0.39 is 34.0 Å². The Balaban J connectivity index is -0.00000160. The van der Waals surface area contributed by atoms with Gasteiger partial charge in [0, 0.05) is 0 Å². The third-order valence-corrected chi connectivity index (χ3v) is 20.5. The molecule has 0 spiro atoms. The van der Waals surface area contributed by atoms with Crippen LogP contribution in [0.15, 0.2) is 0 Å². The van der Waals surface area contributed by atoms with Crippen LogP contribution < -0.4 is 20.4 Å². The van der Waals surface area contributed by atoms with Crippen LogP contribution in [0.25, 0.3) is 0 Å². The van der Waals surface area contributed by atoms with Gasteiger partial charge in [0.1, 0.15) is 0 Å². The van der Waals surface area contributed by atoms with Crippen LogP contribution in [0.1, 0.15) is 481 Å². The molecule has 0 saturated heterocycles. The number of unbranched alkanes of at least 4 members (excludes halogenated alkanes) is 40. The topological polar surface area (TPSA) is 111 Å². The molecule has 4 unspecified atom stereocenters. The first kappa shape index (κ1) is 91.7. The molecule has 0 amide bonds. The Bertz CT molecular complexity index is 1230. The molecule has 0 radical (unpaired) electrons. The van der Waals surface area contributed by atoms with E-state index in [-0.39, 0.29) is 21.7 Å². The minimum atomic E-state index is -1.58. The Morgan fingerprint density at radius 2 is 0.345 bits per heavy atom. The van der Waals surface area contributed by atoms with Gasteiger partial charge in [-0.2, -0.15) is 0 Å². The van der Waals surface area contributed by atoms with E-state index in [1.807, 2.05) is 0 Å². The smallest absolute Gasteiger partial charge is 0.829 e. The summed E-state index contributed by atoms with van der Waals surface area (Å²) >= 11 is 0. The number of ether oxygens (including phenoxy) is 2. The molecule has 0 fully saturated rings. The Morgan fingerprint density at radius 3 is 0.517 bits per heavy atom. The standard InChI is InChI=1S/2C40H80O3.Ti/c2*1-7-13-17-21-25-29-34-38(12-6,35-30-26-22-18-14-8-2)40(42,37-32-28-24-20-16-10-4)43-39(41,33-11-5)36-31-27-23-19-15-9-3;/h2*7-37H2,1-6H3;/q2*-2;+4. The van der Waals surface area contributed by atoms with Crippen LogP contribution in [0.2, 0.25) is 0 Å². The van der Waals surface area contributed by atoms with Crippen LogP contribution in [0.3, 0.4) is 0 Å². The zero-order valence-electron chi connectivity index (χ0n) is 61.8. The Labute approximate surface area is 563 Å². The van der Waals surface area contributed by atoms with E-state index >= 15 is 10.2 Å². The second-order valence-electron chi connectivity index (χ2n) is 28.4. The van der Waals surface area contributed by atoms with E-state index in [4.69, 9.17) is 9.47 Å². The van der Waals surface area contributed by atoms with Gasteiger partial charge >= 0.3 is 21.7 Å². The van der Waals surface area contributed by atoms with Gasteiger partial charge < -0.3 is 29.9 Å². The maximum atomic E-state index is 15.4. The maximum absolute atomic E-state index is 15.4. The molecule has 0 aliphatic carbocycles. The molecular weight excluding hydrogens is 1100 g/mol. The first-order valence-corrected chi connectivity index (χ1v) is 39.9. The maximum Gasteiger partial charge on any atom is 4.00 e. The summed E-state index contributed by atoms with van der Waals surface area (Å²) in [7, 11) is 0. The van der Waals surface area contributed by atoms with Crippen molar-refractivity contribution in [1.29, 1.82) is 0 Å². The molecule has 0 bridgehead atoms. The van der Waals surface area contributed by atoms with Crippen LogP contribution in [-0.2, 0) is 31.2 Å². The summed E-state index contributed by atoms with van der Waals surface area (Å²) < 4.78 is 13.3. The van der Waals surface area contributed by atoms with Crippen LogP contribution >= 0.6 is 0 Å². The molecule has 6 nitrogen and oxygen atoms in total. The quantitative estimate of drug-likeness (QED) is 0.0341. The minimum absolute atomic E-state index is 0. The van der Waals surface area contributed by atoms with E-state index in [1.54, 1.807) is 0 Å². The van der Waals surface area contributed by atoms with Crippen LogP contribution in [0.4, 0.5) is 0 Å². The summed E-state index contributed by atoms with van der Waals surface area (Å²) in [6.45, 7) is 26.7. The second-order valence-corrected chi connectivity index (χ2v) is 28.4. The van der Waals surface area contributed by atoms with Gasteiger partial charge in [0.05, 0.1) is 0 Å². The van der Waals surface area contributed by atoms with Crippen molar-refractivity contribution in [2.24, 2.45) is 10.8 Å². The Kier molecular flexibility index (Phi) is 65.9. The van der Waals surface area contributed by atoms with Crippen molar-refractivity contribution in [2.45, 2.75) is 504 Å².